The van der Waals surface area contributed by atoms with E-state index in [2.05, 4.69) is 10.2 Å². The number of piperazine rings is 1. The number of carbonyl (C=O) groups excluding carboxylic acids is 1. The van der Waals surface area contributed by atoms with Gasteiger partial charge >= 0.3 is 6.03 Å². The molecule has 4 rings (SSSR count). The smallest absolute Gasteiger partial charge is 0.317 e. The first-order valence-electron chi connectivity index (χ1n) is 7.86. The van der Waals surface area contributed by atoms with Crippen LogP contribution in [-0.2, 0) is 6.54 Å². The second-order valence-electron chi connectivity index (χ2n) is 5.90. The van der Waals surface area contributed by atoms with Crippen molar-refractivity contribution < 1.29 is 13.9 Å². The van der Waals surface area contributed by atoms with E-state index in [4.69, 9.17) is 9.15 Å². The molecule has 0 saturated carbocycles. The minimum Gasteiger partial charge on any atom is -0.429 e. The molecule has 2 amide bonds. The minimum atomic E-state index is 0.0613. The number of rotatable bonds is 4. The van der Waals surface area contributed by atoms with Crippen LogP contribution in [-0.4, -0.2) is 48.1 Å². The Morgan fingerprint density at radius 2 is 2.04 bits per heavy atom. The Kier molecular flexibility index (Phi) is 3.67. The van der Waals surface area contributed by atoms with Crippen molar-refractivity contribution in [3.8, 4) is 11.7 Å². The van der Waals surface area contributed by atoms with E-state index in [0.29, 0.717) is 5.95 Å². The second kappa shape index (κ2) is 5.96. The molecule has 2 aliphatic rings. The number of urea groups is 1. The summed E-state index contributed by atoms with van der Waals surface area (Å²) in [5.74, 6) is 2.14. The van der Waals surface area contributed by atoms with Gasteiger partial charge < -0.3 is 19.4 Å². The number of ether oxygens (including phenoxy) is 1. The quantitative estimate of drug-likeness (QED) is 0.941. The van der Waals surface area contributed by atoms with Crippen molar-refractivity contribution in [3.63, 3.8) is 0 Å². The second-order valence-corrected chi connectivity index (χ2v) is 5.90. The van der Waals surface area contributed by atoms with Gasteiger partial charge in [-0.25, -0.2) is 4.79 Å². The van der Waals surface area contributed by atoms with Crippen LogP contribution in [0.2, 0.25) is 0 Å². The van der Waals surface area contributed by atoms with E-state index >= 15 is 0 Å². The highest BCUT2D eigenvalue weighted by Crippen LogP contribution is 2.25. The zero-order chi connectivity index (χ0) is 15.6. The number of furan rings is 1. The maximum absolute atomic E-state index is 11.6. The lowest BCUT2D eigenvalue weighted by Crippen LogP contribution is -2.51. The number of nitrogens with zero attached hydrogens (tertiary/aromatic N) is 2. The molecule has 1 N–H and O–H groups in total. The number of hydrogen-bond acceptors (Lipinski definition) is 4. The van der Waals surface area contributed by atoms with Crippen LogP contribution in [0.4, 0.5) is 4.79 Å². The fourth-order valence-corrected chi connectivity index (χ4v) is 3.14. The highest BCUT2D eigenvalue weighted by atomic mass is 16.6. The Morgan fingerprint density at radius 3 is 2.91 bits per heavy atom. The van der Waals surface area contributed by atoms with Crippen LogP contribution in [0.3, 0.4) is 0 Å². The number of para-hydroxylation sites is 1. The topological polar surface area (TPSA) is 58.0 Å². The predicted molar refractivity (Wildman–Crippen MR) is 84.4 cm³/mol. The van der Waals surface area contributed by atoms with Gasteiger partial charge in [-0.1, -0.05) is 18.2 Å². The van der Waals surface area contributed by atoms with E-state index in [1.54, 1.807) is 0 Å². The highest BCUT2D eigenvalue weighted by molar-refractivity contribution is 5.77. The Bertz CT molecular complexity index is 685. The van der Waals surface area contributed by atoms with Crippen molar-refractivity contribution in [1.29, 1.82) is 0 Å². The zero-order valence-corrected chi connectivity index (χ0v) is 12.8. The van der Waals surface area contributed by atoms with Crippen molar-refractivity contribution in [2.75, 3.05) is 26.2 Å². The van der Waals surface area contributed by atoms with E-state index in [0.717, 1.165) is 44.2 Å². The highest BCUT2D eigenvalue weighted by Gasteiger charge is 2.35. The third-order valence-corrected chi connectivity index (χ3v) is 4.29. The van der Waals surface area contributed by atoms with E-state index in [9.17, 15) is 4.79 Å². The summed E-state index contributed by atoms with van der Waals surface area (Å²) in [6, 6.07) is 13.7. The maximum Gasteiger partial charge on any atom is 0.317 e. The lowest BCUT2D eigenvalue weighted by molar-refractivity contribution is 0.110. The summed E-state index contributed by atoms with van der Waals surface area (Å²) in [7, 11) is 0. The summed E-state index contributed by atoms with van der Waals surface area (Å²) in [5, 5.41) is 2.89. The molecule has 6 heteroatoms. The monoisotopic (exact) mass is 313 g/mol. The molecule has 0 aliphatic carbocycles. The number of hydrogen-bond donors (Lipinski definition) is 1. The molecule has 2 aliphatic heterocycles. The van der Waals surface area contributed by atoms with Crippen LogP contribution in [0, 0.1) is 0 Å². The summed E-state index contributed by atoms with van der Waals surface area (Å²) in [4.78, 5) is 15.8. The van der Waals surface area contributed by atoms with Crippen LogP contribution in [0.15, 0.2) is 46.9 Å². The average Bonchev–Trinajstić information content (AvgIpc) is 3.15. The molecule has 2 aromatic rings. The molecule has 6 nitrogen and oxygen atoms in total. The molecule has 1 aromatic carbocycles. The van der Waals surface area contributed by atoms with Crippen LogP contribution in [0.5, 0.6) is 11.7 Å². The first-order chi connectivity index (χ1) is 11.3. The molecule has 2 fully saturated rings. The van der Waals surface area contributed by atoms with Gasteiger partial charge in [-0.2, -0.15) is 0 Å². The van der Waals surface area contributed by atoms with Gasteiger partial charge in [0.25, 0.3) is 5.95 Å². The van der Waals surface area contributed by atoms with Gasteiger partial charge in [0.1, 0.15) is 11.5 Å². The summed E-state index contributed by atoms with van der Waals surface area (Å²) in [5.41, 5.74) is 0. The third kappa shape index (κ3) is 3.03. The van der Waals surface area contributed by atoms with Gasteiger partial charge in [-0.05, 0) is 18.2 Å². The first kappa shape index (κ1) is 14.1. The van der Waals surface area contributed by atoms with Crippen LogP contribution < -0.4 is 10.1 Å². The molecule has 23 heavy (non-hydrogen) atoms. The van der Waals surface area contributed by atoms with Crippen molar-refractivity contribution in [2.45, 2.75) is 12.6 Å². The number of amides is 2. The van der Waals surface area contributed by atoms with Crippen molar-refractivity contribution in [3.05, 3.63) is 48.2 Å². The number of nitrogens with one attached hydrogen (secondary N) is 1. The van der Waals surface area contributed by atoms with Crippen LogP contribution in [0.25, 0.3) is 0 Å². The zero-order valence-electron chi connectivity index (χ0n) is 12.8. The molecule has 120 valence electrons. The van der Waals surface area contributed by atoms with E-state index in [1.165, 1.54) is 0 Å². The Morgan fingerprint density at radius 1 is 1.17 bits per heavy atom. The van der Waals surface area contributed by atoms with E-state index in [-0.39, 0.29) is 12.1 Å². The Balaban J connectivity index is 1.36. The summed E-state index contributed by atoms with van der Waals surface area (Å²) in [6.07, 6.45) is 0. The number of carbonyl (C=O) groups is 1. The SMILES string of the molecule is O=C1NCC2CN(Cc3ccc(Oc4ccccc4)o3)CCN12. The normalized spacial score (nSPS) is 21.1. The van der Waals surface area contributed by atoms with Crippen LogP contribution >= 0.6 is 0 Å². The predicted octanol–water partition coefficient (Wildman–Crippen LogP) is 2.28. The van der Waals surface area contributed by atoms with Gasteiger partial charge in [0.2, 0.25) is 0 Å². The summed E-state index contributed by atoms with van der Waals surface area (Å²) < 4.78 is 11.4. The molecule has 1 unspecified atom stereocenters. The average molecular weight is 313 g/mol. The van der Waals surface area contributed by atoms with E-state index in [1.807, 2.05) is 47.4 Å². The van der Waals surface area contributed by atoms with E-state index < -0.39 is 0 Å². The molecular weight excluding hydrogens is 294 g/mol. The van der Waals surface area contributed by atoms with Crippen LogP contribution in [0.1, 0.15) is 5.76 Å². The standard InChI is InChI=1S/C17H19N3O3/c21-17-18-10-13-11-19(8-9-20(13)17)12-15-6-7-16(23-15)22-14-4-2-1-3-5-14/h1-7,13H,8-12H2,(H,18,21). The third-order valence-electron chi connectivity index (χ3n) is 4.29. The fraction of sp³-hybridized carbons (Fsp3) is 0.353. The fourth-order valence-electron chi connectivity index (χ4n) is 3.14. The molecular formula is C17H19N3O3. The first-order valence-corrected chi connectivity index (χ1v) is 7.86. The van der Waals surface area contributed by atoms with Gasteiger partial charge in [-0.15, -0.1) is 0 Å². The minimum absolute atomic E-state index is 0.0613. The van der Waals surface area contributed by atoms with Gasteiger partial charge in [0.05, 0.1) is 12.6 Å². The maximum atomic E-state index is 11.6. The van der Waals surface area contributed by atoms with Gasteiger partial charge in [0.15, 0.2) is 0 Å². The number of fused-ring (bicyclic) bond motifs is 1. The van der Waals surface area contributed by atoms with Crippen molar-refractivity contribution in [2.24, 2.45) is 0 Å². The molecule has 3 heterocycles. The molecule has 1 aromatic heterocycles. The van der Waals surface area contributed by atoms with Gasteiger partial charge in [0, 0.05) is 32.2 Å². The molecule has 0 radical (unpaired) electrons. The van der Waals surface area contributed by atoms with Crippen molar-refractivity contribution in [1.82, 2.24) is 15.1 Å². The Labute approximate surface area is 134 Å². The summed E-state index contributed by atoms with van der Waals surface area (Å²) >= 11 is 0. The number of benzene rings is 1. The summed E-state index contributed by atoms with van der Waals surface area (Å²) in [6.45, 7) is 3.96. The molecule has 1 atom stereocenters. The lowest BCUT2D eigenvalue weighted by atomic mass is 10.2. The molecule has 2 saturated heterocycles. The molecule has 0 bridgehead atoms. The largest absolute Gasteiger partial charge is 0.429 e. The Hall–Kier alpha value is -2.47. The molecule has 0 spiro atoms. The lowest BCUT2D eigenvalue weighted by Gasteiger charge is -2.35. The van der Waals surface area contributed by atoms with Gasteiger partial charge in [-0.3, -0.25) is 4.90 Å². The van der Waals surface area contributed by atoms with Crippen molar-refractivity contribution >= 4 is 6.03 Å².